The Hall–Kier alpha value is -2.11. The Morgan fingerprint density at radius 3 is 2.81 bits per heavy atom. The van der Waals surface area contributed by atoms with Gasteiger partial charge >= 0.3 is 0 Å². The Morgan fingerprint density at radius 2 is 2.14 bits per heavy atom. The van der Waals surface area contributed by atoms with Gasteiger partial charge in [0.15, 0.2) is 0 Å². The molecule has 114 valence electrons. The van der Waals surface area contributed by atoms with Crippen LogP contribution in [0.25, 0.3) is 0 Å². The summed E-state index contributed by atoms with van der Waals surface area (Å²) in [6.07, 6.45) is 3.23. The number of nitro benzene ring substituents is 1. The van der Waals surface area contributed by atoms with E-state index < -0.39 is 4.92 Å². The third kappa shape index (κ3) is 3.51. The lowest BCUT2D eigenvalue weighted by Gasteiger charge is -2.22. The van der Waals surface area contributed by atoms with Crippen molar-refractivity contribution >= 4 is 17.3 Å². The van der Waals surface area contributed by atoms with Crippen molar-refractivity contribution < 1.29 is 9.72 Å². The number of anilines is 1. The number of benzene rings is 1. The van der Waals surface area contributed by atoms with Crippen LogP contribution in [0.3, 0.4) is 0 Å². The Morgan fingerprint density at radius 1 is 1.38 bits per heavy atom. The molecule has 1 saturated heterocycles. The second kappa shape index (κ2) is 6.56. The second-order valence-corrected chi connectivity index (χ2v) is 5.56. The molecule has 1 heterocycles. The molecular weight excluding hydrogens is 270 g/mol. The molecule has 1 amide bonds. The maximum Gasteiger partial charge on any atom is 0.293 e. The molecule has 6 heteroatoms. The first-order chi connectivity index (χ1) is 10.0. The minimum absolute atomic E-state index is 0.00523. The summed E-state index contributed by atoms with van der Waals surface area (Å²) in [5.41, 5.74) is 0.934. The fraction of sp³-hybridized carbons (Fsp3) is 0.533. The smallest absolute Gasteiger partial charge is 0.293 e. The van der Waals surface area contributed by atoms with Crippen molar-refractivity contribution in [2.45, 2.75) is 26.2 Å². The average Bonchev–Trinajstić information content (AvgIpc) is 2.70. The highest BCUT2D eigenvalue weighted by Gasteiger charge is 2.23. The lowest BCUT2D eigenvalue weighted by Crippen LogP contribution is -2.25. The van der Waals surface area contributed by atoms with Crippen LogP contribution in [-0.2, 0) is 0 Å². The van der Waals surface area contributed by atoms with Crippen molar-refractivity contribution in [2.24, 2.45) is 5.92 Å². The van der Waals surface area contributed by atoms with E-state index >= 15 is 0 Å². The Bertz CT molecular complexity index is 545. The van der Waals surface area contributed by atoms with E-state index in [4.69, 9.17) is 0 Å². The first-order valence-corrected chi connectivity index (χ1v) is 7.28. The van der Waals surface area contributed by atoms with Crippen molar-refractivity contribution in [3.05, 3.63) is 33.9 Å². The van der Waals surface area contributed by atoms with E-state index in [-0.39, 0.29) is 11.6 Å². The number of nitrogens with zero attached hydrogens (tertiary/aromatic N) is 2. The van der Waals surface area contributed by atoms with Gasteiger partial charge in [0.1, 0.15) is 5.69 Å². The summed E-state index contributed by atoms with van der Waals surface area (Å²) in [4.78, 5) is 24.6. The number of nitrogens with one attached hydrogen (secondary N) is 1. The van der Waals surface area contributed by atoms with E-state index in [1.807, 2.05) is 0 Å². The molecule has 0 radical (unpaired) electrons. The van der Waals surface area contributed by atoms with Crippen LogP contribution >= 0.6 is 0 Å². The van der Waals surface area contributed by atoms with Gasteiger partial charge in [0, 0.05) is 31.8 Å². The van der Waals surface area contributed by atoms with Crippen LogP contribution < -0.4 is 10.2 Å². The van der Waals surface area contributed by atoms with Gasteiger partial charge in [-0.25, -0.2) is 0 Å². The van der Waals surface area contributed by atoms with Gasteiger partial charge in [-0.1, -0.05) is 6.92 Å². The molecule has 0 spiro atoms. The van der Waals surface area contributed by atoms with Crippen LogP contribution in [-0.4, -0.2) is 31.0 Å². The molecule has 0 bridgehead atoms. The number of carbonyl (C=O) groups excluding carboxylic acids is 1. The van der Waals surface area contributed by atoms with Gasteiger partial charge in [-0.05, 0) is 37.3 Å². The zero-order valence-corrected chi connectivity index (χ0v) is 12.5. The highest BCUT2D eigenvalue weighted by Crippen LogP contribution is 2.31. The van der Waals surface area contributed by atoms with Gasteiger partial charge in [0.25, 0.3) is 11.6 Å². The van der Waals surface area contributed by atoms with Gasteiger partial charge in [0.05, 0.1) is 4.92 Å². The second-order valence-electron chi connectivity index (χ2n) is 5.56. The SMILES string of the molecule is CNC(=O)c1ccc(N2CCCC(C)CC2)c([N+](=O)[O-])c1. The van der Waals surface area contributed by atoms with Crippen molar-refractivity contribution in [3.8, 4) is 0 Å². The summed E-state index contributed by atoms with van der Waals surface area (Å²) in [6, 6.07) is 4.71. The number of nitro groups is 1. The summed E-state index contributed by atoms with van der Waals surface area (Å²) in [5, 5.41) is 13.8. The third-order valence-corrected chi connectivity index (χ3v) is 4.02. The number of hydrogen-bond acceptors (Lipinski definition) is 4. The van der Waals surface area contributed by atoms with E-state index in [2.05, 4.69) is 17.1 Å². The summed E-state index contributed by atoms with van der Waals surface area (Å²) >= 11 is 0. The lowest BCUT2D eigenvalue weighted by molar-refractivity contribution is -0.384. The summed E-state index contributed by atoms with van der Waals surface area (Å²) in [6.45, 7) is 3.86. The van der Waals surface area contributed by atoms with E-state index in [0.717, 1.165) is 32.4 Å². The molecule has 1 aliphatic rings. The third-order valence-electron chi connectivity index (χ3n) is 4.02. The highest BCUT2D eigenvalue weighted by atomic mass is 16.6. The Labute approximate surface area is 124 Å². The molecule has 2 rings (SSSR count). The van der Waals surface area contributed by atoms with Crippen LogP contribution in [0.2, 0.25) is 0 Å². The molecule has 1 fully saturated rings. The summed E-state index contributed by atoms with van der Waals surface area (Å²) < 4.78 is 0. The van der Waals surface area contributed by atoms with Crippen LogP contribution in [0.4, 0.5) is 11.4 Å². The number of rotatable bonds is 3. The predicted molar refractivity (Wildman–Crippen MR) is 81.7 cm³/mol. The molecule has 1 aliphatic heterocycles. The van der Waals surface area contributed by atoms with Crippen LogP contribution in [0.1, 0.15) is 36.5 Å². The molecular formula is C15H21N3O3. The van der Waals surface area contributed by atoms with Crippen molar-refractivity contribution in [1.82, 2.24) is 5.32 Å². The van der Waals surface area contributed by atoms with Crippen molar-refractivity contribution in [3.63, 3.8) is 0 Å². The van der Waals surface area contributed by atoms with E-state index in [1.54, 1.807) is 12.1 Å². The number of carbonyl (C=O) groups is 1. The molecule has 0 saturated carbocycles. The molecule has 0 aromatic heterocycles. The number of amides is 1. The summed E-state index contributed by atoms with van der Waals surface area (Å²) in [7, 11) is 1.51. The normalized spacial score (nSPS) is 19.0. The maximum atomic E-state index is 11.6. The standard InChI is InChI=1S/C15H21N3O3/c1-11-4-3-8-17(9-7-11)13-6-5-12(15(19)16-2)10-14(13)18(20)21/h5-6,10-11H,3-4,7-9H2,1-2H3,(H,16,19). The largest absolute Gasteiger partial charge is 0.366 e. The van der Waals surface area contributed by atoms with Crippen LogP contribution in [0.5, 0.6) is 0 Å². The van der Waals surface area contributed by atoms with Gasteiger partial charge in [-0.2, -0.15) is 0 Å². The van der Waals surface area contributed by atoms with E-state index in [9.17, 15) is 14.9 Å². The molecule has 1 atom stereocenters. The molecule has 1 N–H and O–H groups in total. The molecule has 1 aromatic carbocycles. The molecule has 6 nitrogen and oxygen atoms in total. The topological polar surface area (TPSA) is 75.5 Å². The van der Waals surface area contributed by atoms with E-state index in [0.29, 0.717) is 17.2 Å². The molecule has 21 heavy (non-hydrogen) atoms. The van der Waals surface area contributed by atoms with Crippen molar-refractivity contribution in [2.75, 3.05) is 25.0 Å². The first kappa shape index (κ1) is 15.3. The number of hydrogen-bond donors (Lipinski definition) is 1. The lowest BCUT2D eigenvalue weighted by atomic mass is 10.0. The zero-order chi connectivity index (χ0) is 15.4. The highest BCUT2D eigenvalue weighted by molar-refractivity contribution is 5.95. The minimum atomic E-state index is -0.407. The zero-order valence-electron chi connectivity index (χ0n) is 12.5. The minimum Gasteiger partial charge on any atom is -0.366 e. The predicted octanol–water partition coefficient (Wildman–Crippen LogP) is 2.58. The van der Waals surface area contributed by atoms with Gasteiger partial charge in [-0.15, -0.1) is 0 Å². The van der Waals surface area contributed by atoms with E-state index in [1.165, 1.54) is 13.1 Å². The fourth-order valence-corrected chi connectivity index (χ4v) is 2.73. The van der Waals surface area contributed by atoms with Crippen LogP contribution in [0, 0.1) is 16.0 Å². The molecule has 0 aliphatic carbocycles. The van der Waals surface area contributed by atoms with Gasteiger partial charge in [-0.3, -0.25) is 14.9 Å². The Balaban J connectivity index is 2.34. The molecule has 1 aromatic rings. The van der Waals surface area contributed by atoms with Crippen LogP contribution in [0.15, 0.2) is 18.2 Å². The van der Waals surface area contributed by atoms with Gasteiger partial charge in [0.2, 0.25) is 0 Å². The fourth-order valence-electron chi connectivity index (χ4n) is 2.73. The molecule has 1 unspecified atom stereocenters. The quantitative estimate of drug-likeness (QED) is 0.686. The first-order valence-electron chi connectivity index (χ1n) is 7.28. The van der Waals surface area contributed by atoms with Crippen molar-refractivity contribution in [1.29, 1.82) is 0 Å². The summed E-state index contributed by atoms with van der Waals surface area (Å²) in [5.74, 6) is 0.341. The average molecular weight is 291 g/mol. The monoisotopic (exact) mass is 291 g/mol. The van der Waals surface area contributed by atoms with Gasteiger partial charge < -0.3 is 10.2 Å². The maximum absolute atomic E-state index is 11.6. The Kier molecular flexibility index (Phi) is 4.77.